The van der Waals surface area contributed by atoms with Crippen LogP contribution in [0.4, 0.5) is 5.13 Å². The number of benzene rings is 1. The van der Waals surface area contributed by atoms with Gasteiger partial charge in [0.25, 0.3) is 10.0 Å². The number of carboxylic acids is 1. The molecule has 2 aromatic heterocycles. The van der Waals surface area contributed by atoms with Gasteiger partial charge >= 0.3 is 5.97 Å². The van der Waals surface area contributed by atoms with E-state index in [0.717, 1.165) is 11.3 Å². The standard InChI is InChI=1S/C17H16N2O6S4/c1-2-12(16(20)21)13-10-18-17(26-13)19-29(24,25)15-9-8-14(27-15)28(22,23)11-6-4-3-5-7-11/h3-10,12H,2H2,1H3,(H,18,19)(H,20,21). The van der Waals surface area contributed by atoms with Crippen molar-refractivity contribution < 1.29 is 26.7 Å². The van der Waals surface area contributed by atoms with Crippen molar-refractivity contribution in [2.45, 2.75) is 32.6 Å². The summed E-state index contributed by atoms with van der Waals surface area (Å²) >= 11 is 1.56. The molecule has 0 radical (unpaired) electrons. The van der Waals surface area contributed by atoms with E-state index in [1.54, 1.807) is 25.1 Å². The zero-order valence-corrected chi connectivity index (χ0v) is 18.2. The molecule has 12 heteroatoms. The Balaban J connectivity index is 1.85. The summed E-state index contributed by atoms with van der Waals surface area (Å²) in [6, 6.07) is 10.2. The van der Waals surface area contributed by atoms with Crippen LogP contribution in [0.1, 0.15) is 24.1 Å². The number of anilines is 1. The lowest BCUT2D eigenvalue weighted by molar-refractivity contribution is -0.138. The molecule has 0 aliphatic rings. The minimum absolute atomic E-state index is 0.0144. The first-order valence-corrected chi connectivity index (χ1v) is 12.9. The molecule has 0 fully saturated rings. The minimum Gasteiger partial charge on any atom is -0.481 e. The lowest BCUT2D eigenvalue weighted by atomic mass is 10.1. The van der Waals surface area contributed by atoms with Crippen molar-refractivity contribution in [3.8, 4) is 0 Å². The third-order valence-electron chi connectivity index (χ3n) is 3.93. The van der Waals surface area contributed by atoms with Crippen LogP contribution in [0.5, 0.6) is 0 Å². The van der Waals surface area contributed by atoms with Gasteiger partial charge in [-0.2, -0.15) is 0 Å². The van der Waals surface area contributed by atoms with Gasteiger partial charge in [0, 0.05) is 11.1 Å². The maximum atomic E-state index is 12.6. The first-order chi connectivity index (χ1) is 13.6. The molecule has 3 rings (SSSR count). The zero-order valence-electron chi connectivity index (χ0n) is 15.0. The normalized spacial score (nSPS) is 13.1. The van der Waals surface area contributed by atoms with E-state index in [4.69, 9.17) is 0 Å². The lowest BCUT2D eigenvalue weighted by Gasteiger charge is -2.05. The molecule has 8 nitrogen and oxygen atoms in total. The predicted molar refractivity (Wildman–Crippen MR) is 110 cm³/mol. The van der Waals surface area contributed by atoms with Crippen LogP contribution in [-0.2, 0) is 24.7 Å². The van der Waals surface area contributed by atoms with E-state index in [1.807, 2.05) is 0 Å². The van der Waals surface area contributed by atoms with Gasteiger partial charge in [-0.1, -0.05) is 25.1 Å². The number of thiophene rings is 1. The Bertz CT molecular complexity index is 1230. The average molecular weight is 473 g/mol. The molecule has 154 valence electrons. The van der Waals surface area contributed by atoms with Crippen LogP contribution in [-0.4, -0.2) is 32.9 Å². The number of nitrogens with zero attached hydrogens (tertiary/aromatic N) is 1. The maximum Gasteiger partial charge on any atom is 0.311 e. The predicted octanol–water partition coefficient (Wildman–Crippen LogP) is 3.42. The summed E-state index contributed by atoms with van der Waals surface area (Å²) in [6.45, 7) is 1.71. The Hall–Kier alpha value is -2.28. The molecule has 2 heterocycles. The molecule has 1 aromatic carbocycles. The largest absolute Gasteiger partial charge is 0.481 e. The summed E-state index contributed by atoms with van der Waals surface area (Å²) in [7, 11) is -7.89. The maximum absolute atomic E-state index is 12.6. The van der Waals surface area contributed by atoms with Gasteiger partial charge in [0.2, 0.25) is 9.84 Å². The molecular formula is C17H16N2O6S4. The van der Waals surface area contributed by atoms with Crippen LogP contribution in [0, 0.1) is 0 Å². The van der Waals surface area contributed by atoms with E-state index in [2.05, 4.69) is 9.71 Å². The molecule has 2 N–H and O–H groups in total. The van der Waals surface area contributed by atoms with Gasteiger partial charge in [-0.25, -0.2) is 21.8 Å². The lowest BCUT2D eigenvalue weighted by Crippen LogP contribution is -2.11. The number of hydrogen-bond acceptors (Lipinski definition) is 8. The molecule has 0 bridgehead atoms. The Morgan fingerprint density at radius 1 is 1.07 bits per heavy atom. The molecule has 0 aliphatic heterocycles. The highest BCUT2D eigenvalue weighted by molar-refractivity contribution is 7.96. The third-order valence-corrected chi connectivity index (χ3v) is 10.3. The van der Waals surface area contributed by atoms with Crippen LogP contribution < -0.4 is 4.72 Å². The highest BCUT2D eigenvalue weighted by Crippen LogP contribution is 2.33. The second-order valence-electron chi connectivity index (χ2n) is 5.86. The van der Waals surface area contributed by atoms with Crippen LogP contribution in [0.25, 0.3) is 0 Å². The van der Waals surface area contributed by atoms with Crippen LogP contribution in [0.15, 0.2) is 62.0 Å². The Labute approximate surface area is 175 Å². The van der Waals surface area contributed by atoms with Crippen LogP contribution in [0.3, 0.4) is 0 Å². The number of carbonyl (C=O) groups is 1. The van der Waals surface area contributed by atoms with Gasteiger partial charge in [0.1, 0.15) is 8.42 Å². The van der Waals surface area contributed by atoms with Gasteiger partial charge in [0.05, 0.1) is 10.8 Å². The van der Waals surface area contributed by atoms with E-state index < -0.39 is 31.7 Å². The monoisotopic (exact) mass is 472 g/mol. The summed E-state index contributed by atoms with van der Waals surface area (Å²) in [5.41, 5.74) is 0. The van der Waals surface area contributed by atoms with Crippen molar-refractivity contribution in [1.82, 2.24) is 4.98 Å². The smallest absolute Gasteiger partial charge is 0.311 e. The van der Waals surface area contributed by atoms with Crippen molar-refractivity contribution in [3.05, 3.63) is 53.5 Å². The molecule has 29 heavy (non-hydrogen) atoms. The Morgan fingerprint density at radius 2 is 1.72 bits per heavy atom. The molecule has 1 unspecified atom stereocenters. The molecule has 0 aliphatic carbocycles. The summed E-state index contributed by atoms with van der Waals surface area (Å²) in [6.07, 6.45) is 1.67. The molecule has 0 saturated carbocycles. The van der Waals surface area contributed by atoms with Crippen LogP contribution >= 0.6 is 22.7 Å². The first kappa shape index (κ1) is 21.4. The fourth-order valence-corrected chi connectivity index (χ4v) is 7.89. The van der Waals surface area contributed by atoms with E-state index in [-0.39, 0.29) is 18.4 Å². The van der Waals surface area contributed by atoms with Crippen molar-refractivity contribution in [3.63, 3.8) is 0 Å². The third kappa shape index (κ3) is 4.50. The van der Waals surface area contributed by atoms with Crippen molar-refractivity contribution in [2.24, 2.45) is 0 Å². The molecule has 1 atom stereocenters. The number of rotatable bonds is 8. The zero-order chi connectivity index (χ0) is 21.2. The summed E-state index contributed by atoms with van der Waals surface area (Å²) in [5, 5.41) is 9.22. The minimum atomic E-state index is -4.07. The number of sulfonamides is 1. The van der Waals surface area contributed by atoms with Gasteiger partial charge in [-0.15, -0.1) is 22.7 Å². The van der Waals surface area contributed by atoms with Crippen molar-refractivity contribution in [1.29, 1.82) is 0 Å². The van der Waals surface area contributed by atoms with Crippen LogP contribution in [0.2, 0.25) is 0 Å². The van der Waals surface area contributed by atoms with E-state index >= 15 is 0 Å². The summed E-state index contributed by atoms with van der Waals surface area (Å²) in [5.74, 6) is -1.78. The fourth-order valence-electron chi connectivity index (χ4n) is 2.47. The van der Waals surface area contributed by atoms with Crippen molar-refractivity contribution >= 4 is 53.6 Å². The molecule has 0 saturated heterocycles. The molecule has 0 spiro atoms. The van der Waals surface area contributed by atoms with Gasteiger partial charge < -0.3 is 5.11 Å². The SMILES string of the molecule is CCC(C(=O)O)c1cnc(NS(=O)(=O)c2ccc(S(=O)(=O)c3ccccc3)s2)s1. The van der Waals surface area contributed by atoms with E-state index in [9.17, 15) is 26.7 Å². The summed E-state index contributed by atoms with van der Waals surface area (Å²) < 4.78 is 52.5. The highest BCUT2D eigenvalue weighted by atomic mass is 32.3. The Morgan fingerprint density at radius 3 is 2.34 bits per heavy atom. The number of hydrogen-bond donors (Lipinski definition) is 2. The highest BCUT2D eigenvalue weighted by Gasteiger charge is 2.26. The molecule has 0 amide bonds. The second kappa shape index (κ2) is 8.22. The number of aromatic nitrogens is 1. The van der Waals surface area contributed by atoms with Gasteiger partial charge in [0.15, 0.2) is 5.13 Å². The number of carboxylic acid groups (broad SMARTS) is 1. The molecule has 3 aromatic rings. The first-order valence-electron chi connectivity index (χ1n) is 8.26. The number of thiazole rings is 1. The number of nitrogens with one attached hydrogen (secondary N) is 1. The Kier molecular flexibility index (Phi) is 6.08. The second-order valence-corrected chi connectivity index (χ2v) is 12.1. The quantitative estimate of drug-likeness (QED) is 0.514. The fraction of sp³-hybridized carbons (Fsp3) is 0.176. The van der Waals surface area contributed by atoms with E-state index in [1.165, 1.54) is 30.5 Å². The van der Waals surface area contributed by atoms with Gasteiger partial charge in [-0.3, -0.25) is 9.52 Å². The number of sulfone groups is 1. The van der Waals surface area contributed by atoms with Gasteiger partial charge in [-0.05, 0) is 30.7 Å². The average Bonchev–Trinajstić information content (AvgIpc) is 3.33. The van der Waals surface area contributed by atoms with Crippen molar-refractivity contribution in [2.75, 3.05) is 4.72 Å². The topological polar surface area (TPSA) is 130 Å². The van der Waals surface area contributed by atoms with E-state index in [0.29, 0.717) is 22.6 Å². The summed E-state index contributed by atoms with van der Waals surface area (Å²) in [4.78, 5) is 15.7. The number of aliphatic carboxylic acids is 1. The molecular weight excluding hydrogens is 456 g/mol.